The standard InChI is InChI=1S/C27H30ClFN4O5/c1-17(34)30-24-11-23(28)25(37-2)10-19(24)6-9-26(35)33-21-13-31(12-18-4-7-20(29)8-5-18)14-22(33)16-32(15-21)27(36)38-3/h4-11,21-22H,12-16H2,1-3H3,(H,30,34). The van der Waals surface area contributed by atoms with Gasteiger partial charge in [0.25, 0.3) is 0 Å². The summed E-state index contributed by atoms with van der Waals surface area (Å²) in [5, 5.41) is 3.05. The number of nitrogens with one attached hydrogen (secondary N) is 1. The molecule has 4 rings (SSSR count). The molecule has 3 amide bonds. The number of nitrogens with zero attached hydrogens (tertiary/aromatic N) is 3. The molecule has 9 nitrogen and oxygen atoms in total. The number of carbonyl (C=O) groups is 3. The van der Waals surface area contributed by atoms with E-state index in [9.17, 15) is 18.8 Å². The second kappa shape index (κ2) is 11.8. The number of benzene rings is 2. The first kappa shape index (κ1) is 27.4. The lowest BCUT2D eigenvalue weighted by molar-refractivity contribution is -0.140. The molecular formula is C27H30ClFN4O5. The van der Waals surface area contributed by atoms with Crippen LogP contribution in [0.25, 0.3) is 6.08 Å². The molecule has 2 aliphatic heterocycles. The zero-order valence-electron chi connectivity index (χ0n) is 21.4. The molecule has 202 valence electrons. The van der Waals surface area contributed by atoms with Crippen molar-refractivity contribution in [2.75, 3.05) is 45.7 Å². The van der Waals surface area contributed by atoms with E-state index in [0.717, 1.165) is 5.56 Å². The fourth-order valence-electron chi connectivity index (χ4n) is 5.04. The van der Waals surface area contributed by atoms with Crippen LogP contribution in [-0.2, 0) is 20.9 Å². The number of hydrogen-bond acceptors (Lipinski definition) is 6. The van der Waals surface area contributed by atoms with E-state index < -0.39 is 6.09 Å². The van der Waals surface area contributed by atoms with Crippen molar-refractivity contribution in [2.45, 2.75) is 25.6 Å². The Balaban J connectivity index is 1.56. The number of amides is 3. The number of anilines is 1. The summed E-state index contributed by atoms with van der Waals surface area (Å²) < 4.78 is 23.6. The summed E-state index contributed by atoms with van der Waals surface area (Å²) in [5.74, 6) is -0.370. The summed E-state index contributed by atoms with van der Waals surface area (Å²) in [6.45, 7) is 3.72. The fraction of sp³-hybridized carbons (Fsp3) is 0.370. The highest BCUT2D eigenvalue weighted by atomic mass is 35.5. The van der Waals surface area contributed by atoms with Gasteiger partial charge in [-0.05, 0) is 35.9 Å². The van der Waals surface area contributed by atoms with Crippen LogP contribution in [0, 0.1) is 5.82 Å². The third kappa shape index (κ3) is 6.25. The highest BCUT2D eigenvalue weighted by Crippen LogP contribution is 2.32. The van der Waals surface area contributed by atoms with Crippen molar-refractivity contribution in [1.82, 2.24) is 14.7 Å². The van der Waals surface area contributed by atoms with Gasteiger partial charge in [-0.2, -0.15) is 0 Å². The third-order valence-corrected chi connectivity index (χ3v) is 6.93. The molecule has 38 heavy (non-hydrogen) atoms. The molecule has 0 saturated carbocycles. The minimum absolute atomic E-state index is 0.214. The molecule has 2 saturated heterocycles. The molecule has 0 spiro atoms. The van der Waals surface area contributed by atoms with E-state index in [-0.39, 0.29) is 29.7 Å². The van der Waals surface area contributed by atoms with Gasteiger partial charge in [-0.3, -0.25) is 14.5 Å². The van der Waals surface area contributed by atoms with Gasteiger partial charge >= 0.3 is 6.09 Å². The zero-order chi connectivity index (χ0) is 27.4. The number of carbonyl (C=O) groups excluding carboxylic acids is 3. The number of hydrogen-bond donors (Lipinski definition) is 1. The van der Waals surface area contributed by atoms with Crippen molar-refractivity contribution in [2.24, 2.45) is 0 Å². The van der Waals surface area contributed by atoms with Crippen molar-refractivity contribution in [3.8, 4) is 5.75 Å². The number of rotatable bonds is 6. The van der Waals surface area contributed by atoms with Crippen molar-refractivity contribution in [1.29, 1.82) is 0 Å². The largest absolute Gasteiger partial charge is 0.495 e. The summed E-state index contributed by atoms with van der Waals surface area (Å²) in [4.78, 5) is 43.1. The Bertz CT molecular complexity index is 1220. The number of fused-ring (bicyclic) bond motifs is 2. The van der Waals surface area contributed by atoms with E-state index in [1.54, 1.807) is 35.2 Å². The van der Waals surface area contributed by atoms with E-state index >= 15 is 0 Å². The number of ether oxygens (including phenoxy) is 2. The summed E-state index contributed by atoms with van der Waals surface area (Å²) in [6, 6.07) is 9.04. The number of methoxy groups -OCH3 is 2. The van der Waals surface area contributed by atoms with Crippen LogP contribution in [0.15, 0.2) is 42.5 Å². The molecule has 0 radical (unpaired) electrons. The zero-order valence-corrected chi connectivity index (χ0v) is 22.2. The Morgan fingerprint density at radius 2 is 1.74 bits per heavy atom. The van der Waals surface area contributed by atoms with Crippen LogP contribution < -0.4 is 10.1 Å². The van der Waals surface area contributed by atoms with Crippen LogP contribution in [0.5, 0.6) is 5.75 Å². The van der Waals surface area contributed by atoms with E-state index in [2.05, 4.69) is 10.2 Å². The van der Waals surface area contributed by atoms with Gasteiger partial charge in [0.05, 0.1) is 31.3 Å². The van der Waals surface area contributed by atoms with Gasteiger partial charge < -0.3 is 24.6 Å². The van der Waals surface area contributed by atoms with Gasteiger partial charge in [0, 0.05) is 57.0 Å². The van der Waals surface area contributed by atoms with Crippen molar-refractivity contribution >= 4 is 41.3 Å². The maximum Gasteiger partial charge on any atom is 0.409 e. The van der Waals surface area contributed by atoms with Gasteiger partial charge in [-0.1, -0.05) is 23.7 Å². The minimum atomic E-state index is -0.428. The van der Waals surface area contributed by atoms with E-state index in [0.29, 0.717) is 54.7 Å². The summed E-state index contributed by atoms with van der Waals surface area (Å²) in [7, 11) is 2.82. The maximum absolute atomic E-state index is 13.5. The average Bonchev–Trinajstić information content (AvgIpc) is 2.87. The Labute approximate surface area is 225 Å². The van der Waals surface area contributed by atoms with Gasteiger partial charge in [0.15, 0.2) is 0 Å². The fourth-order valence-corrected chi connectivity index (χ4v) is 5.28. The summed E-state index contributed by atoms with van der Waals surface area (Å²) in [6.07, 6.45) is 2.64. The lowest BCUT2D eigenvalue weighted by Crippen LogP contribution is -2.70. The minimum Gasteiger partial charge on any atom is -0.495 e. The van der Waals surface area contributed by atoms with E-state index in [4.69, 9.17) is 21.1 Å². The third-order valence-electron chi connectivity index (χ3n) is 6.63. The lowest BCUT2D eigenvalue weighted by Gasteiger charge is -2.52. The van der Waals surface area contributed by atoms with Crippen LogP contribution in [0.2, 0.25) is 5.02 Å². The van der Waals surface area contributed by atoms with Crippen LogP contribution >= 0.6 is 11.6 Å². The predicted octanol–water partition coefficient (Wildman–Crippen LogP) is 3.62. The highest BCUT2D eigenvalue weighted by molar-refractivity contribution is 6.32. The van der Waals surface area contributed by atoms with Gasteiger partial charge in [0.1, 0.15) is 11.6 Å². The first-order valence-electron chi connectivity index (χ1n) is 12.1. The summed E-state index contributed by atoms with van der Waals surface area (Å²) >= 11 is 6.22. The molecule has 2 unspecified atom stereocenters. The van der Waals surface area contributed by atoms with Crippen LogP contribution in [0.4, 0.5) is 14.9 Å². The van der Waals surface area contributed by atoms with Crippen molar-refractivity contribution in [3.05, 3.63) is 64.4 Å². The molecule has 0 aromatic heterocycles. The smallest absolute Gasteiger partial charge is 0.409 e. The SMILES string of the molecule is COC(=O)N1CC2CN(Cc3ccc(F)cc3)CC(C1)N2C(=O)C=Cc1cc(OC)c(Cl)cc1NC(C)=O. The normalized spacial score (nSPS) is 19.4. The first-order valence-corrected chi connectivity index (χ1v) is 12.5. The topological polar surface area (TPSA) is 91.4 Å². The second-order valence-electron chi connectivity index (χ2n) is 9.34. The van der Waals surface area contributed by atoms with Crippen LogP contribution in [-0.4, -0.2) is 85.1 Å². The Morgan fingerprint density at radius 3 is 2.32 bits per heavy atom. The molecule has 11 heteroatoms. The molecular weight excluding hydrogens is 515 g/mol. The first-order chi connectivity index (χ1) is 18.2. The van der Waals surface area contributed by atoms with Gasteiger partial charge in [0.2, 0.25) is 11.8 Å². The molecule has 2 bridgehead atoms. The molecule has 2 heterocycles. The molecule has 0 aliphatic carbocycles. The Morgan fingerprint density at radius 1 is 1.08 bits per heavy atom. The molecule has 2 aromatic rings. The molecule has 2 fully saturated rings. The molecule has 2 aliphatic rings. The highest BCUT2D eigenvalue weighted by Gasteiger charge is 2.43. The molecule has 2 aromatic carbocycles. The average molecular weight is 545 g/mol. The van der Waals surface area contributed by atoms with Crippen molar-refractivity contribution in [3.63, 3.8) is 0 Å². The lowest BCUT2D eigenvalue weighted by atomic mass is 9.99. The van der Waals surface area contributed by atoms with Gasteiger partial charge in [-0.25, -0.2) is 9.18 Å². The van der Waals surface area contributed by atoms with E-state index in [1.807, 2.05) is 4.90 Å². The van der Waals surface area contributed by atoms with Crippen LogP contribution in [0.1, 0.15) is 18.1 Å². The number of halogens is 2. The Hall–Kier alpha value is -3.63. The quantitative estimate of drug-likeness (QED) is 0.559. The Kier molecular flexibility index (Phi) is 8.53. The predicted molar refractivity (Wildman–Crippen MR) is 141 cm³/mol. The molecule has 1 N–H and O–H groups in total. The van der Waals surface area contributed by atoms with E-state index in [1.165, 1.54) is 39.4 Å². The van der Waals surface area contributed by atoms with Gasteiger partial charge in [-0.15, -0.1) is 0 Å². The second-order valence-corrected chi connectivity index (χ2v) is 9.74. The monoisotopic (exact) mass is 544 g/mol. The van der Waals surface area contributed by atoms with Crippen molar-refractivity contribution < 1.29 is 28.2 Å². The molecule has 2 atom stereocenters. The number of piperazine rings is 2. The summed E-state index contributed by atoms with van der Waals surface area (Å²) in [5.41, 5.74) is 1.98. The maximum atomic E-state index is 13.5. The van der Waals surface area contributed by atoms with Crippen LogP contribution in [0.3, 0.4) is 0 Å².